The highest BCUT2D eigenvalue weighted by Crippen LogP contribution is 2.17. The molecule has 21 heavy (non-hydrogen) atoms. The van der Waals surface area contributed by atoms with E-state index < -0.39 is 4.92 Å². The van der Waals surface area contributed by atoms with E-state index in [1.807, 2.05) is 0 Å². The normalized spacial score (nSPS) is 10.9. The van der Waals surface area contributed by atoms with Crippen molar-refractivity contribution in [1.29, 1.82) is 0 Å². The minimum absolute atomic E-state index is 0.0890. The van der Waals surface area contributed by atoms with E-state index in [-0.39, 0.29) is 18.0 Å². The van der Waals surface area contributed by atoms with Crippen LogP contribution in [0.15, 0.2) is 50.3 Å². The Morgan fingerprint density at radius 3 is 2.86 bits per heavy atom. The molecule has 0 aliphatic carbocycles. The van der Waals surface area contributed by atoms with Crippen LogP contribution in [0.5, 0.6) is 0 Å². The molecule has 0 saturated carbocycles. The van der Waals surface area contributed by atoms with E-state index in [0.29, 0.717) is 16.7 Å². The maximum Gasteiger partial charge on any atom is 0.433 e. The Bertz CT molecular complexity index is 900. The summed E-state index contributed by atoms with van der Waals surface area (Å²) in [6, 6.07) is 7.91. The molecule has 8 heteroatoms. The van der Waals surface area contributed by atoms with Crippen LogP contribution in [0.4, 0.5) is 5.88 Å². The predicted molar refractivity (Wildman–Crippen MR) is 78.2 cm³/mol. The first kappa shape index (κ1) is 13.5. The zero-order valence-electron chi connectivity index (χ0n) is 10.5. The fourth-order valence-corrected chi connectivity index (χ4v) is 2.31. The summed E-state index contributed by atoms with van der Waals surface area (Å²) in [4.78, 5) is 26.5. The molecule has 2 heterocycles. The molecule has 0 amide bonds. The second-order valence-corrected chi connectivity index (χ2v) is 5.25. The molecule has 0 N–H and O–H groups in total. The maximum absolute atomic E-state index is 12.3. The summed E-state index contributed by atoms with van der Waals surface area (Å²) in [6.45, 7) is 0.0890. The number of aromatic nitrogens is 2. The van der Waals surface area contributed by atoms with Crippen LogP contribution in [-0.2, 0) is 6.54 Å². The van der Waals surface area contributed by atoms with Gasteiger partial charge in [0.05, 0.1) is 29.8 Å². The summed E-state index contributed by atoms with van der Waals surface area (Å²) in [5.41, 5.74) is 0.350. The summed E-state index contributed by atoms with van der Waals surface area (Å²) in [6.07, 6.45) is 1.39. The fraction of sp³-hybridized carbons (Fsp3) is 0.0769. The molecule has 7 nitrogen and oxygen atoms in total. The van der Waals surface area contributed by atoms with Gasteiger partial charge in [0.15, 0.2) is 0 Å². The average Bonchev–Trinajstić information content (AvgIpc) is 2.91. The Balaban J connectivity index is 2.00. The third kappa shape index (κ3) is 2.57. The van der Waals surface area contributed by atoms with Crippen molar-refractivity contribution < 1.29 is 9.34 Å². The van der Waals surface area contributed by atoms with Gasteiger partial charge in [-0.1, -0.05) is 15.9 Å². The zero-order valence-corrected chi connectivity index (χ0v) is 12.1. The Morgan fingerprint density at radius 1 is 1.33 bits per heavy atom. The van der Waals surface area contributed by atoms with E-state index in [4.69, 9.17) is 4.42 Å². The molecule has 3 aromatic rings. The number of halogens is 1. The van der Waals surface area contributed by atoms with Crippen molar-refractivity contribution in [3.63, 3.8) is 0 Å². The van der Waals surface area contributed by atoms with E-state index in [0.717, 1.165) is 4.47 Å². The van der Waals surface area contributed by atoms with Crippen LogP contribution >= 0.6 is 15.9 Å². The first-order valence-electron chi connectivity index (χ1n) is 5.92. The van der Waals surface area contributed by atoms with E-state index in [1.165, 1.54) is 23.0 Å². The Morgan fingerprint density at radius 2 is 2.14 bits per heavy atom. The van der Waals surface area contributed by atoms with Crippen LogP contribution in [-0.4, -0.2) is 14.5 Å². The topological polar surface area (TPSA) is 91.2 Å². The van der Waals surface area contributed by atoms with Crippen molar-refractivity contribution in [3.8, 4) is 0 Å². The molecule has 0 aliphatic heterocycles. The number of fused-ring (bicyclic) bond motifs is 1. The summed E-state index contributed by atoms with van der Waals surface area (Å²) < 4.78 is 7.22. The zero-order chi connectivity index (χ0) is 15.0. The summed E-state index contributed by atoms with van der Waals surface area (Å²) in [7, 11) is 0. The summed E-state index contributed by atoms with van der Waals surface area (Å²) in [5.74, 6) is -0.0298. The van der Waals surface area contributed by atoms with Crippen molar-refractivity contribution in [2.75, 3.05) is 0 Å². The molecule has 0 bridgehead atoms. The molecule has 0 radical (unpaired) electrons. The number of hydrogen-bond donors (Lipinski definition) is 0. The number of benzene rings is 1. The highest BCUT2D eigenvalue weighted by Gasteiger charge is 2.13. The van der Waals surface area contributed by atoms with Crippen molar-refractivity contribution in [2.45, 2.75) is 6.54 Å². The van der Waals surface area contributed by atoms with Crippen molar-refractivity contribution in [2.24, 2.45) is 0 Å². The molecule has 1 aromatic carbocycles. The lowest BCUT2D eigenvalue weighted by Gasteiger charge is -2.04. The Kier molecular flexibility index (Phi) is 3.30. The summed E-state index contributed by atoms with van der Waals surface area (Å²) in [5, 5.41) is 11.0. The third-order valence-corrected chi connectivity index (χ3v) is 3.43. The van der Waals surface area contributed by atoms with Crippen molar-refractivity contribution in [1.82, 2.24) is 9.55 Å². The van der Waals surface area contributed by atoms with Crippen LogP contribution in [0.25, 0.3) is 10.9 Å². The highest BCUT2D eigenvalue weighted by molar-refractivity contribution is 9.10. The monoisotopic (exact) mass is 349 g/mol. The average molecular weight is 350 g/mol. The first-order valence-corrected chi connectivity index (χ1v) is 6.72. The van der Waals surface area contributed by atoms with E-state index in [1.54, 1.807) is 18.2 Å². The fourth-order valence-electron chi connectivity index (χ4n) is 1.96. The molecule has 0 fully saturated rings. The molecule has 0 saturated heterocycles. The SMILES string of the molecule is O=c1c2ccc(Br)cc2ncn1Cc1ccc([N+](=O)[O-])o1. The highest BCUT2D eigenvalue weighted by atomic mass is 79.9. The van der Waals surface area contributed by atoms with Gasteiger partial charge in [-0.3, -0.25) is 19.5 Å². The van der Waals surface area contributed by atoms with Crippen LogP contribution in [0.2, 0.25) is 0 Å². The van der Waals surface area contributed by atoms with Gasteiger partial charge in [0, 0.05) is 4.47 Å². The van der Waals surface area contributed by atoms with E-state index >= 15 is 0 Å². The van der Waals surface area contributed by atoms with Gasteiger partial charge >= 0.3 is 5.88 Å². The van der Waals surface area contributed by atoms with Crippen LogP contribution < -0.4 is 5.56 Å². The number of nitro groups is 1. The number of nitrogens with zero attached hydrogens (tertiary/aromatic N) is 3. The van der Waals surface area contributed by atoms with Gasteiger partial charge in [0.1, 0.15) is 10.7 Å². The molecule has 0 atom stereocenters. The van der Waals surface area contributed by atoms with Crippen molar-refractivity contribution in [3.05, 3.63) is 67.4 Å². The second-order valence-electron chi connectivity index (χ2n) is 4.34. The molecule has 2 aromatic heterocycles. The standard InChI is InChI=1S/C13H8BrN3O4/c14-8-1-3-10-11(5-8)15-7-16(13(10)18)6-9-2-4-12(21-9)17(19)20/h1-5,7H,6H2. The van der Waals surface area contributed by atoms with Crippen LogP contribution in [0.1, 0.15) is 5.76 Å². The lowest BCUT2D eigenvalue weighted by Crippen LogP contribution is -2.20. The second kappa shape index (κ2) is 5.13. The molecular formula is C13H8BrN3O4. The minimum Gasteiger partial charge on any atom is -0.404 e. The number of hydrogen-bond acceptors (Lipinski definition) is 5. The lowest BCUT2D eigenvalue weighted by atomic mass is 10.2. The van der Waals surface area contributed by atoms with Crippen LogP contribution in [0.3, 0.4) is 0 Å². The largest absolute Gasteiger partial charge is 0.433 e. The van der Waals surface area contributed by atoms with Crippen LogP contribution in [0, 0.1) is 10.1 Å². The quantitative estimate of drug-likeness (QED) is 0.535. The first-order chi connectivity index (χ1) is 10.0. The van der Waals surface area contributed by atoms with Gasteiger partial charge in [-0.15, -0.1) is 0 Å². The molecule has 0 spiro atoms. The Labute approximate surface area is 126 Å². The molecule has 0 unspecified atom stereocenters. The van der Waals surface area contributed by atoms with Gasteiger partial charge in [-0.2, -0.15) is 0 Å². The number of rotatable bonds is 3. The van der Waals surface area contributed by atoms with Gasteiger partial charge in [-0.05, 0) is 24.3 Å². The van der Waals surface area contributed by atoms with E-state index in [9.17, 15) is 14.9 Å². The van der Waals surface area contributed by atoms with Gasteiger partial charge < -0.3 is 4.42 Å². The predicted octanol–water partition coefficient (Wildman–Crippen LogP) is 2.71. The van der Waals surface area contributed by atoms with Gasteiger partial charge in [0.25, 0.3) is 5.56 Å². The summed E-state index contributed by atoms with van der Waals surface area (Å²) >= 11 is 3.32. The molecule has 0 aliphatic rings. The van der Waals surface area contributed by atoms with Gasteiger partial charge in [0.2, 0.25) is 0 Å². The van der Waals surface area contributed by atoms with E-state index in [2.05, 4.69) is 20.9 Å². The van der Waals surface area contributed by atoms with Gasteiger partial charge in [-0.25, -0.2) is 4.98 Å². The Hall–Kier alpha value is -2.48. The molecule has 3 rings (SSSR count). The maximum atomic E-state index is 12.3. The smallest absolute Gasteiger partial charge is 0.404 e. The third-order valence-electron chi connectivity index (χ3n) is 2.94. The minimum atomic E-state index is -0.623. The van der Waals surface area contributed by atoms with Crippen molar-refractivity contribution >= 4 is 32.7 Å². The molecular weight excluding hydrogens is 342 g/mol. The molecule has 106 valence electrons. The number of furan rings is 1. The lowest BCUT2D eigenvalue weighted by molar-refractivity contribution is -0.402.